The Labute approximate surface area is 152 Å². The molecular formula is C19H25FN4S. The third kappa shape index (κ3) is 4.00. The standard InChI is InChI=1S/C19H25FN4S/c1-13-14(2)25-17(24-13)11-22-18(21-3)23-12-19(9-4-10-19)15-5-7-16(20)8-6-15/h5-8H,4,9-12H2,1-3H3,(H2,21,22,23). The molecule has 1 aromatic carbocycles. The summed E-state index contributed by atoms with van der Waals surface area (Å²) in [6.45, 7) is 5.59. The van der Waals surface area contributed by atoms with Crippen molar-refractivity contribution in [1.29, 1.82) is 0 Å². The molecule has 0 radical (unpaired) electrons. The van der Waals surface area contributed by atoms with Crippen LogP contribution in [0.1, 0.15) is 40.4 Å². The molecule has 25 heavy (non-hydrogen) atoms. The van der Waals surface area contributed by atoms with Crippen molar-refractivity contribution in [2.24, 2.45) is 4.99 Å². The van der Waals surface area contributed by atoms with E-state index in [2.05, 4.69) is 27.5 Å². The van der Waals surface area contributed by atoms with E-state index in [9.17, 15) is 4.39 Å². The number of halogens is 1. The molecule has 1 aliphatic rings. The molecule has 0 bridgehead atoms. The zero-order valence-electron chi connectivity index (χ0n) is 15.0. The van der Waals surface area contributed by atoms with E-state index in [4.69, 9.17) is 0 Å². The van der Waals surface area contributed by atoms with Crippen LogP contribution in [0.25, 0.3) is 0 Å². The number of rotatable bonds is 5. The maximum Gasteiger partial charge on any atom is 0.191 e. The molecule has 1 aromatic heterocycles. The second kappa shape index (κ2) is 7.52. The molecule has 1 saturated carbocycles. The van der Waals surface area contributed by atoms with E-state index in [1.807, 2.05) is 19.1 Å². The number of hydrogen-bond acceptors (Lipinski definition) is 3. The average Bonchev–Trinajstić information content (AvgIpc) is 2.89. The van der Waals surface area contributed by atoms with Gasteiger partial charge in [-0.25, -0.2) is 9.37 Å². The van der Waals surface area contributed by atoms with Gasteiger partial charge in [-0.1, -0.05) is 18.6 Å². The summed E-state index contributed by atoms with van der Waals surface area (Å²) >= 11 is 1.71. The fraction of sp³-hybridized carbons (Fsp3) is 0.474. The molecule has 2 N–H and O–H groups in total. The van der Waals surface area contributed by atoms with Gasteiger partial charge < -0.3 is 10.6 Å². The number of hydrogen-bond donors (Lipinski definition) is 2. The first kappa shape index (κ1) is 17.9. The van der Waals surface area contributed by atoms with Crippen LogP contribution in [-0.2, 0) is 12.0 Å². The van der Waals surface area contributed by atoms with Crippen LogP contribution in [0.4, 0.5) is 4.39 Å². The molecule has 6 heteroatoms. The Hall–Kier alpha value is -1.95. The number of aromatic nitrogens is 1. The van der Waals surface area contributed by atoms with E-state index in [0.29, 0.717) is 6.54 Å². The highest BCUT2D eigenvalue weighted by molar-refractivity contribution is 7.11. The van der Waals surface area contributed by atoms with Crippen molar-refractivity contribution in [3.8, 4) is 0 Å². The number of aliphatic imine (C=N–C) groups is 1. The molecule has 2 aromatic rings. The number of aryl methyl sites for hydroxylation is 2. The van der Waals surface area contributed by atoms with Gasteiger partial charge in [-0.2, -0.15) is 0 Å². The molecule has 0 amide bonds. The maximum atomic E-state index is 13.2. The molecule has 4 nitrogen and oxygen atoms in total. The average molecular weight is 361 g/mol. The van der Waals surface area contributed by atoms with Gasteiger partial charge in [0.2, 0.25) is 0 Å². The number of nitrogens with one attached hydrogen (secondary N) is 2. The van der Waals surface area contributed by atoms with Gasteiger partial charge in [0.1, 0.15) is 10.8 Å². The summed E-state index contributed by atoms with van der Waals surface area (Å²) in [5.41, 5.74) is 2.38. The minimum atomic E-state index is -0.183. The second-order valence-corrected chi connectivity index (χ2v) is 7.96. The summed E-state index contributed by atoms with van der Waals surface area (Å²) < 4.78 is 13.2. The summed E-state index contributed by atoms with van der Waals surface area (Å²) in [7, 11) is 1.78. The van der Waals surface area contributed by atoms with Crippen LogP contribution in [0.3, 0.4) is 0 Å². The van der Waals surface area contributed by atoms with E-state index in [-0.39, 0.29) is 11.2 Å². The normalized spacial score (nSPS) is 16.4. The van der Waals surface area contributed by atoms with Crippen molar-refractivity contribution in [3.63, 3.8) is 0 Å². The lowest BCUT2D eigenvalue weighted by molar-refractivity contribution is 0.243. The van der Waals surface area contributed by atoms with Crippen molar-refractivity contribution >= 4 is 17.3 Å². The first-order chi connectivity index (χ1) is 12.0. The first-order valence-corrected chi connectivity index (χ1v) is 9.47. The zero-order valence-corrected chi connectivity index (χ0v) is 15.8. The minimum absolute atomic E-state index is 0.0830. The largest absolute Gasteiger partial charge is 0.356 e. The number of benzene rings is 1. The Kier molecular flexibility index (Phi) is 5.37. The highest BCUT2D eigenvalue weighted by atomic mass is 32.1. The highest BCUT2D eigenvalue weighted by Crippen LogP contribution is 2.43. The third-order valence-corrected chi connectivity index (χ3v) is 6.14. The van der Waals surface area contributed by atoms with Crippen LogP contribution in [0.2, 0.25) is 0 Å². The quantitative estimate of drug-likeness (QED) is 0.632. The molecule has 0 atom stereocenters. The second-order valence-electron chi connectivity index (χ2n) is 6.67. The fourth-order valence-electron chi connectivity index (χ4n) is 3.22. The van der Waals surface area contributed by atoms with Gasteiger partial charge in [0.25, 0.3) is 0 Å². The number of thiazole rings is 1. The molecule has 1 aliphatic carbocycles. The maximum absolute atomic E-state index is 13.2. The van der Waals surface area contributed by atoms with Gasteiger partial charge in [-0.3, -0.25) is 4.99 Å². The number of guanidine groups is 1. The smallest absolute Gasteiger partial charge is 0.191 e. The molecular weight excluding hydrogens is 335 g/mol. The van der Waals surface area contributed by atoms with Crippen molar-refractivity contribution in [3.05, 3.63) is 51.2 Å². The van der Waals surface area contributed by atoms with E-state index < -0.39 is 0 Å². The predicted molar refractivity (Wildman–Crippen MR) is 102 cm³/mol. The summed E-state index contributed by atoms with van der Waals surface area (Å²) in [6, 6.07) is 6.92. The summed E-state index contributed by atoms with van der Waals surface area (Å²) in [6.07, 6.45) is 3.45. The van der Waals surface area contributed by atoms with Gasteiger partial charge in [-0.05, 0) is 44.4 Å². The Morgan fingerprint density at radius 1 is 1.24 bits per heavy atom. The van der Waals surface area contributed by atoms with Gasteiger partial charge in [-0.15, -0.1) is 11.3 Å². The summed E-state index contributed by atoms with van der Waals surface area (Å²) in [4.78, 5) is 10.1. The Morgan fingerprint density at radius 2 is 1.96 bits per heavy atom. The van der Waals surface area contributed by atoms with Gasteiger partial charge >= 0.3 is 0 Å². The summed E-state index contributed by atoms with van der Waals surface area (Å²) in [5, 5.41) is 7.84. The third-order valence-electron chi connectivity index (χ3n) is 5.06. The molecule has 3 rings (SSSR count). The highest BCUT2D eigenvalue weighted by Gasteiger charge is 2.38. The lowest BCUT2D eigenvalue weighted by Gasteiger charge is -2.43. The van der Waals surface area contributed by atoms with Crippen LogP contribution in [0.15, 0.2) is 29.3 Å². The van der Waals surface area contributed by atoms with Crippen LogP contribution in [0, 0.1) is 19.7 Å². The Morgan fingerprint density at radius 3 is 2.48 bits per heavy atom. The van der Waals surface area contributed by atoms with E-state index >= 15 is 0 Å². The lowest BCUT2D eigenvalue weighted by atomic mass is 9.64. The zero-order chi connectivity index (χ0) is 17.9. The van der Waals surface area contributed by atoms with Crippen LogP contribution < -0.4 is 10.6 Å². The minimum Gasteiger partial charge on any atom is -0.356 e. The molecule has 0 spiro atoms. The lowest BCUT2D eigenvalue weighted by Crippen LogP contribution is -2.48. The van der Waals surface area contributed by atoms with Gasteiger partial charge in [0.05, 0.1) is 12.2 Å². The molecule has 1 heterocycles. The molecule has 1 fully saturated rings. The van der Waals surface area contributed by atoms with E-state index in [1.54, 1.807) is 30.5 Å². The van der Waals surface area contributed by atoms with E-state index in [0.717, 1.165) is 36.0 Å². The Balaban J connectivity index is 1.59. The number of nitrogens with zero attached hydrogens (tertiary/aromatic N) is 2. The van der Waals surface area contributed by atoms with E-state index in [1.165, 1.54) is 16.9 Å². The monoisotopic (exact) mass is 360 g/mol. The van der Waals surface area contributed by atoms with Crippen molar-refractivity contribution in [1.82, 2.24) is 15.6 Å². The van der Waals surface area contributed by atoms with Crippen LogP contribution in [-0.4, -0.2) is 24.5 Å². The Bertz CT molecular complexity index is 728. The predicted octanol–water partition coefficient (Wildman–Crippen LogP) is 3.69. The molecule has 0 unspecified atom stereocenters. The van der Waals surface area contributed by atoms with Crippen molar-refractivity contribution in [2.45, 2.75) is 45.1 Å². The summed E-state index contributed by atoms with van der Waals surface area (Å²) in [5.74, 6) is 0.594. The fourth-order valence-corrected chi connectivity index (χ4v) is 4.10. The van der Waals surface area contributed by atoms with Gasteiger partial charge in [0, 0.05) is 23.9 Å². The SMILES string of the molecule is CN=C(NCc1nc(C)c(C)s1)NCC1(c2ccc(F)cc2)CCC1. The molecule has 134 valence electrons. The molecule has 0 aliphatic heterocycles. The van der Waals surface area contributed by atoms with Crippen LogP contribution >= 0.6 is 11.3 Å². The molecule has 0 saturated heterocycles. The van der Waals surface area contributed by atoms with Gasteiger partial charge in [0.15, 0.2) is 5.96 Å². The first-order valence-electron chi connectivity index (χ1n) is 8.66. The van der Waals surface area contributed by atoms with Crippen molar-refractivity contribution in [2.75, 3.05) is 13.6 Å². The van der Waals surface area contributed by atoms with Crippen molar-refractivity contribution < 1.29 is 4.39 Å². The van der Waals surface area contributed by atoms with Crippen LogP contribution in [0.5, 0.6) is 0 Å². The topological polar surface area (TPSA) is 49.3 Å².